The second-order valence-electron chi connectivity index (χ2n) is 18.0. The number of aromatic nitrogens is 4. The van der Waals surface area contributed by atoms with E-state index in [1.807, 2.05) is 42.5 Å². The minimum atomic E-state index is -1.35. The Morgan fingerprint density at radius 1 is 0.903 bits per heavy atom. The number of piperidine rings is 3. The van der Waals surface area contributed by atoms with E-state index in [9.17, 15) is 19.5 Å². The first kappa shape index (κ1) is 40.0. The van der Waals surface area contributed by atoms with Crippen LogP contribution in [0.1, 0.15) is 97.1 Å². The number of amides is 4. The highest BCUT2D eigenvalue weighted by Gasteiger charge is 2.39. The van der Waals surface area contributed by atoms with Crippen LogP contribution in [0.5, 0.6) is 5.75 Å². The van der Waals surface area contributed by atoms with E-state index in [2.05, 4.69) is 42.1 Å². The van der Waals surface area contributed by atoms with E-state index >= 15 is 4.39 Å². The minimum absolute atomic E-state index is 0.0587. The Kier molecular flexibility index (Phi) is 10.5. The summed E-state index contributed by atoms with van der Waals surface area (Å²) in [6.45, 7) is 4.62. The third-order valence-electron chi connectivity index (χ3n) is 13.8. The number of nitrogens with two attached hydrogens (primary N) is 1. The fraction of sp³-hybridized carbons (Fsp3) is 0.447. The van der Waals surface area contributed by atoms with E-state index in [-0.39, 0.29) is 35.9 Å². The zero-order chi connectivity index (χ0) is 42.5. The summed E-state index contributed by atoms with van der Waals surface area (Å²) in [7, 11) is 0. The van der Waals surface area contributed by atoms with Gasteiger partial charge in [-0.1, -0.05) is 24.3 Å². The molecule has 4 N–H and O–H groups in total. The van der Waals surface area contributed by atoms with Gasteiger partial charge >= 0.3 is 6.03 Å². The topological polar surface area (TPSA) is 166 Å². The van der Waals surface area contributed by atoms with Gasteiger partial charge in [-0.15, -0.1) is 10.2 Å². The van der Waals surface area contributed by atoms with Gasteiger partial charge in [0, 0.05) is 106 Å². The van der Waals surface area contributed by atoms with Crippen LogP contribution in [0.2, 0.25) is 0 Å². The lowest BCUT2D eigenvalue weighted by atomic mass is 9.89. The van der Waals surface area contributed by atoms with Crippen LogP contribution in [-0.4, -0.2) is 111 Å². The molecule has 15 heteroatoms. The van der Waals surface area contributed by atoms with Crippen molar-refractivity contribution < 1.29 is 23.9 Å². The summed E-state index contributed by atoms with van der Waals surface area (Å²) in [5.74, 6) is 0.900. The number of alkyl halides is 1. The summed E-state index contributed by atoms with van der Waals surface area (Å²) in [6.07, 6.45) is 10.9. The summed E-state index contributed by atoms with van der Waals surface area (Å²) in [5.41, 5.74) is 11.6. The van der Waals surface area contributed by atoms with Gasteiger partial charge in [0.05, 0.1) is 23.3 Å². The van der Waals surface area contributed by atoms with E-state index in [0.29, 0.717) is 73.3 Å². The van der Waals surface area contributed by atoms with Crippen molar-refractivity contribution in [2.45, 2.75) is 81.3 Å². The van der Waals surface area contributed by atoms with Crippen molar-refractivity contribution in [3.63, 3.8) is 0 Å². The summed E-state index contributed by atoms with van der Waals surface area (Å²) >= 11 is 0. The molecule has 3 aromatic heterocycles. The number of para-hydroxylation sites is 1. The first-order valence-electron chi connectivity index (χ1n) is 22.2. The van der Waals surface area contributed by atoms with Gasteiger partial charge < -0.3 is 30.1 Å². The number of nitrogen functional groups attached to an aromatic ring is 1. The number of aromatic hydroxyl groups is 1. The van der Waals surface area contributed by atoms with Gasteiger partial charge in [-0.3, -0.25) is 19.8 Å². The summed E-state index contributed by atoms with van der Waals surface area (Å²) in [6, 6.07) is 18.7. The van der Waals surface area contributed by atoms with Gasteiger partial charge in [-0.25, -0.2) is 14.2 Å². The average molecular weight is 841 g/mol. The fourth-order valence-electron chi connectivity index (χ4n) is 10.1. The highest BCUT2D eigenvalue weighted by Crippen LogP contribution is 2.46. The number of likely N-dealkylation sites (tertiary alicyclic amines) is 2. The zero-order valence-corrected chi connectivity index (χ0v) is 34.9. The number of hydrogen-bond acceptors (Lipinski definition) is 10. The van der Waals surface area contributed by atoms with E-state index in [0.717, 1.165) is 87.0 Å². The van der Waals surface area contributed by atoms with Crippen molar-refractivity contribution in [3.05, 3.63) is 89.7 Å². The molecule has 4 saturated heterocycles. The van der Waals surface area contributed by atoms with Crippen LogP contribution >= 0.6 is 0 Å². The van der Waals surface area contributed by atoms with Gasteiger partial charge in [0.15, 0.2) is 5.82 Å². The quantitative estimate of drug-likeness (QED) is 0.144. The molecular formula is C47H53FN10O4. The number of pyridine rings is 1. The number of nitrogens with zero attached hydrogens (tertiary/aromatic N) is 8. The van der Waals surface area contributed by atoms with Crippen molar-refractivity contribution in [2.75, 3.05) is 67.9 Å². The Morgan fingerprint density at radius 3 is 2.42 bits per heavy atom. The van der Waals surface area contributed by atoms with Crippen LogP contribution in [0.4, 0.5) is 26.4 Å². The number of hydrogen-bond donors (Lipinski definition) is 3. The largest absolute Gasteiger partial charge is 0.507 e. The van der Waals surface area contributed by atoms with Crippen LogP contribution in [0, 0.1) is 0 Å². The number of nitrogens with one attached hydrogen (secondary N) is 1. The number of imide groups is 1. The molecule has 2 aromatic carbocycles. The molecule has 1 atom stereocenters. The van der Waals surface area contributed by atoms with E-state index in [1.54, 1.807) is 28.1 Å². The van der Waals surface area contributed by atoms with Gasteiger partial charge in [0.25, 0.3) is 5.91 Å². The SMILES string of the molecule is Nc1nnc(-c2ccccc2O)cc1N1CCC[C@H](c2ccc(C(=O)N3CCC(F)(CN4CCC(n5cc(C6CC6)c6cc(N7CCC(=O)NC7=O)cnc65)CC4)CC3)cc2)C1. The van der Waals surface area contributed by atoms with Gasteiger partial charge in [-0.05, 0) is 92.0 Å². The maximum absolute atomic E-state index is 16.5. The molecule has 7 heterocycles. The van der Waals surface area contributed by atoms with Crippen LogP contribution in [0.25, 0.3) is 22.3 Å². The number of phenols is 1. The fourth-order valence-corrected chi connectivity index (χ4v) is 10.1. The number of anilines is 3. The second-order valence-corrected chi connectivity index (χ2v) is 18.0. The predicted octanol–water partition coefficient (Wildman–Crippen LogP) is 6.77. The molecule has 322 valence electrons. The van der Waals surface area contributed by atoms with Crippen LogP contribution in [-0.2, 0) is 4.79 Å². The number of benzene rings is 2. The Morgan fingerprint density at radius 2 is 1.68 bits per heavy atom. The number of carbonyl (C=O) groups is 3. The number of carbonyl (C=O) groups excluding carboxylic acids is 3. The number of halogens is 1. The molecule has 4 aliphatic heterocycles. The Balaban J connectivity index is 0.727. The zero-order valence-electron chi connectivity index (χ0n) is 34.9. The molecule has 5 aliphatic rings. The molecule has 0 spiro atoms. The van der Waals surface area contributed by atoms with Crippen LogP contribution in [0.3, 0.4) is 0 Å². The minimum Gasteiger partial charge on any atom is -0.507 e. The summed E-state index contributed by atoms with van der Waals surface area (Å²) in [4.78, 5) is 50.7. The van der Waals surface area contributed by atoms with Crippen LogP contribution < -0.4 is 20.9 Å². The van der Waals surface area contributed by atoms with Gasteiger partial charge in [0.1, 0.15) is 17.1 Å². The molecule has 1 saturated carbocycles. The van der Waals surface area contributed by atoms with E-state index < -0.39 is 11.7 Å². The summed E-state index contributed by atoms with van der Waals surface area (Å²) < 4.78 is 18.8. The Hall–Kier alpha value is -6.09. The summed E-state index contributed by atoms with van der Waals surface area (Å²) in [5, 5.41) is 22.3. The Bertz CT molecular complexity index is 2510. The molecule has 14 nitrogen and oxygen atoms in total. The second kappa shape index (κ2) is 16.3. The third kappa shape index (κ3) is 7.94. The highest BCUT2D eigenvalue weighted by atomic mass is 19.1. The Labute approximate surface area is 359 Å². The molecular weight excluding hydrogens is 788 g/mol. The van der Waals surface area contributed by atoms with Crippen molar-refractivity contribution >= 4 is 46.1 Å². The first-order valence-corrected chi connectivity index (χ1v) is 22.2. The van der Waals surface area contributed by atoms with Crippen molar-refractivity contribution in [1.29, 1.82) is 0 Å². The molecule has 4 amide bonds. The monoisotopic (exact) mass is 840 g/mol. The standard InChI is InChI=1S/C47H53FN10O4/c48-47(29-54-19-13-34(14-20-54)58-28-38(31-9-10-31)37-24-35(26-50-44(37)58)57-21-15-42(60)51-46(57)62)16-22-55(23-17-47)45(61)32-11-7-30(8-12-32)33-4-3-18-56(27-33)40-25-39(52-53-43(40)49)36-5-1-2-6-41(36)59/h1-2,5-8,11-12,24-26,28,31,33-34,59H,3-4,9-10,13-23,27,29H2,(H2,49,53)(H,51,60,62)/t33-/m0/s1. The van der Waals surface area contributed by atoms with Crippen molar-refractivity contribution in [1.82, 2.24) is 34.9 Å². The first-order chi connectivity index (χ1) is 30.1. The third-order valence-corrected chi connectivity index (χ3v) is 13.8. The maximum Gasteiger partial charge on any atom is 0.328 e. The van der Waals surface area contributed by atoms with Gasteiger partial charge in [0.2, 0.25) is 5.91 Å². The average Bonchev–Trinajstić information content (AvgIpc) is 4.07. The molecule has 1 aliphatic carbocycles. The molecule has 0 unspecified atom stereocenters. The molecule has 5 aromatic rings. The number of rotatable bonds is 9. The molecule has 5 fully saturated rings. The molecule has 10 rings (SSSR count). The van der Waals surface area contributed by atoms with Gasteiger partial charge in [-0.2, -0.15) is 0 Å². The van der Waals surface area contributed by atoms with Crippen LogP contribution in [0.15, 0.2) is 73.1 Å². The molecule has 62 heavy (non-hydrogen) atoms. The number of phenolic OH excluding ortho intramolecular Hbond substituents is 1. The normalized spacial score (nSPS) is 21.4. The smallest absolute Gasteiger partial charge is 0.328 e. The van der Waals surface area contributed by atoms with E-state index in [1.165, 1.54) is 5.56 Å². The van der Waals surface area contributed by atoms with Crippen molar-refractivity contribution in [3.8, 4) is 17.0 Å². The number of urea groups is 1. The molecule has 0 bridgehead atoms. The van der Waals surface area contributed by atoms with Crippen molar-refractivity contribution in [2.24, 2.45) is 0 Å². The lowest BCUT2D eigenvalue weighted by Gasteiger charge is -2.41. The van der Waals surface area contributed by atoms with E-state index in [4.69, 9.17) is 10.7 Å². The lowest BCUT2D eigenvalue weighted by molar-refractivity contribution is -0.120. The molecule has 0 radical (unpaired) electrons. The number of fused-ring (bicyclic) bond motifs is 1. The lowest BCUT2D eigenvalue weighted by Crippen LogP contribution is -2.51. The highest BCUT2D eigenvalue weighted by molar-refractivity contribution is 6.06. The predicted molar refractivity (Wildman–Crippen MR) is 235 cm³/mol. The maximum atomic E-state index is 16.5.